The Balaban J connectivity index is 2.18. The van der Waals surface area contributed by atoms with Gasteiger partial charge in [-0.1, -0.05) is 18.2 Å². The van der Waals surface area contributed by atoms with Crippen LogP contribution in [-0.4, -0.2) is 35.5 Å². The van der Waals surface area contributed by atoms with Gasteiger partial charge in [0.2, 0.25) is 15.8 Å². The number of aryl methyl sites for hydroxylation is 1. The van der Waals surface area contributed by atoms with Crippen molar-refractivity contribution in [3.63, 3.8) is 0 Å². The van der Waals surface area contributed by atoms with Gasteiger partial charge in [-0.25, -0.2) is 12.8 Å². The van der Waals surface area contributed by atoms with Crippen molar-refractivity contribution in [3.8, 4) is 17.2 Å². The van der Waals surface area contributed by atoms with Crippen LogP contribution in [-0.2, 0) is 16.4 Å². The molecule has 2 rings (SSSR count). The molecule has 0 saturated carbocycles. The number of ether oxygens (including phenoxy) is 3. The second kappa shape index (κ2) is 8.06. The van der Waals surface area contributed by atoms with Crippen LogP contribution in [0.2, 0.25) is 0 Å². The molecule has 0 aliphatic heterocycles. The molecule has 0 fully saturated rings. The molecule has 1 N–H and O–H groups in total. The van der Waals surface area contributed by atoms with Crippen LogP contribution in [0.3, 0.4) is 0 Å². The van der Waals surface area contributed by atoms with Crippen LogP contribution in [0.5, 0.6) is 17.2 Å². The number of hydrogen-bond acceptors (Lipinski definition) is 5. The molecule has 0 heterocycles. The normalized spacial score (nSPS) is 11.0. The minimum Gasteiger partial charge on any atom is -0.493 e. The Bertz CT molecular complexity index is 814. The number of sulfonamides is 1. The van der Waals surface area contributed by atoms with Crippen LogP contribution in [0.4, 0.5) is 10.1 Å². The van der Waals surface area contributed by atoms with Gasteiger partial charge in [0.25, 0.3) is 0 Å². The van der Waals surface area contributed by atoms with Crippen molar-refractivity contribution >= 4 is 15.7 Å². The predicted octanol–water partition coefficient (Wildman–Crippen LogP) is 2.84. The van der Waals surface area contributed by atoms with Crippen LogP contribution >= 0.6 is 0 Å². The Morgan fingerprint density at radius 3 is 2.12 bits per heavy atom. The Morgan fingerprint density at radius 1 is 1.00 bits per heavy atom. The standard InChI is InChI=1S/C17H20FNO5S/c1-22-15-10-13(11-16(23-2)17(15)24-3)19-25(20,21)9-8-12-6-4-5-7-14(12)18/h4-7,10-11,19H,8-9H2,1-3H3. The Morgan fingerprint density at radius 2 is 1.60 bits per heavy atom. The third-order valence-corrected chi connectivity index (χ3v) is 4.82. The Hall–Kier alpha value is -2.48. The van der Waals surface area contributed by atoms with Gasteiger partial charge >= 0.3 is 0 Å². The lowest BCUT2D eigenvalue weighted by atomic mass is 10.2. The number of hydrogen-bond donors (Lipinski definition) is 1. The highest BCUT2D eigenvalue weighted by atomic mass is 32.2. The summed E-state index contributed by atoms with van der Waals surface area (Å²) in [5.41, 5.74) is 0.612. The number of anilines is 1. The van der Waals surface area contributed by atoms with Crippen molar-refractivity contribution in [2.75, 3.05) is 31.8 Å². The number of nitrogens with one attached hydrogen (secondary N) is 1. The highest BCUT2D eigenvalue weighted by Gasteiger charge is 2.17. The molecule has 0 aliphatic rings. The summed E-state index contributed by atoms with van der Waals surface area (Å²) < 4.78 is 56.2. The van der Waals surface area contributed by atoms with Crippen molar-refractivity contribution in [2.45, 2.75) is 6.42 Å². The summed E-state index contributed by atoms with van der Waals surface area (Å²) in [6.45, 7) is 0. The van der Waals surface area contributed by atoms with E-state index in [1.807, 2.05) is 0 Å². The summed E-state index contributed by atoms with van der Waals surface area (Å²) in [5, 5.41) is 0. The largest absolute Gasteiger partial charge is 0.493 e. The molecule has 8 heteroatoms. The van der Waals surface area contributed by atoms with Gasteiger partial charge in [0, 0.05) is 12.1 Å². The van der Waals surface area contributed by atoms with Crippen LogP contribution in [0.15, 0.2) is 36.4 Å². The second-order valence-electron chi connectivity index (χ2n) is 5.18. The van der Waals surface area contributed by atoms with E-state index in [1.54, 1.807) is 18.2 Å². The fourth-order valence-corrected chi connectivity index (χ4v) is 3.38. The molecule has 0 spiro atoms. The van der Waals surface area contributed by atoms with E-state index < -0.39 is 15.8 Å². The average molecular weight is 369 g/mol. The van der Waals surface area contributed by atoms with Crippen molar-refractivity contribution in [1.82, 2.24) is 0 Å². The van der Waals surface area contributed by atoms with Gasteiger partial charge in [-0.05, 0) is 18.1 Å². The van der Waals surface area contributed by atoms with E-state index in [0.29, 0.717) is 22.8 Å². The zero-order valence-electron chi connectivity index (χ0n) is 14.2. The maximum Gasteiger partial charge on any atom is 0.233 e. The third-order valence-electron chi connectivity index (χ3n) is 3.54. The lowest BCUT2D eigenvalue weighted by Crippen LogP contribution is -2.18. The van der Waals surface area contributed by atoms with Crippen molar-refractivity contribution in [3.05, 3.63) is 47.8 Å². The highest BCUT2D eigenvalue weighted by Crippen LogP contribution is 2.40. The first-order valence-corrected chi connectivity index (χ1v) is 9.09. The Labute approximate surface area is 146 Å². The van der Waals surface area contributed by atoms with Gasteiger partial charge in [-0.15, -0.1) is 0 Å². The minimum atomic E-state index is -3.69. The van der Waals surface area contributed by atoms with Gasteiger partial charge < -0.3 is 14.2 Å². The minimum absolute atomic E-state index is 0.0619. The molecule has 2 aromatic carbocycles. The first-order chi connectivity index (χ1) is 11.9. The molecule has 0 radical (unpaired) electrons. The highest BCUT2D eigenvalue weighted by molar-refractivity contribution is 7.92. The zero-order valence-corrected chi connectivity index (χ0v) is 15.0. The number of rotatable bonds is 8. The summed E-state index contributed by atoms with van der Waals surface area (Å²) in [7, 11) is 0.646. The van der Waals surface area contributed by atoms with E-state index >= 15 is 0 Å². The first kappa shape index (κ1) is 18.9. The summed E-state index contributed by atoms with van der Waals surface area (Å²) in [5.74, 6) is 0.331. The molecule has 25 heavy (non-hydrogen) atoms. The van der Waals surface area contributed by atoms with Crippen LogP contribution < -0.4 is 18.9 Å². The summed E-state index contributed by atoms with van der Waals surface area (Å²) in [6.07, 6.45) is 0.0619. The van der Waals surface area contributed by atoms with Gasteiger partial charge in [-0.2, -0.15) is 0 Å². The van der Waals surface area contributed by atoms with E-state index in [9.17, 15) is 12.8 Å². The molecule has 0 atom stereocenters. The van der Waals surface area contributed by atoms with E-state index in [1.165, 1.54) is 39.5 Å². The fraction of sp³-hybridized carbons (Fsp3) is 0.294. The van der Waals surface area contributed by atoms with Crippen molar-refractivity contribution in [1.29, 1.82) is 0 Å². The zero-order chi connectivity index (χ0) is 18.4. The van der Waals surface area contributed by atoms with Crippen LogP contribution in [0.1, 0.15) is 5.56 Å². The van der Waals surface area contributed by atoms with Gasteiger partial charge in [0.15, 0.2) is 11.5 Å². The first-order valence-electron chi connectivity index (χ1n) is 7.44. The quantitative estimate of drug-likeness (QED) is 0.775. The van der Waals surface area contributed by atoms with E-state index in [4.69, 9.17) is 14.2 Å². The SMILES string of the molecule is COc1cc(NS(=O)(=O)CCc2ccccc2F)cc(OC)c1OC. The lowest BCUT2D eigenvalue weighted by Gasteiger charge is -2.15. The molecule has 0 aromatic heterocycles. The van der Waals surface area contributed by atoms with E-state index in [0.717, 1.165) is 0 Å². The lowest BCUT2D eigenvalue weighted by molar-refractivity contribution is 0.325. The smallest absolute Gasteiger partial charge is 0.233 e. The Kier molecular flexibility index (Phi) is 6.08. The molecule has 136 valence electrons. The number of halogens is 1. The molecular formula is C17H20FNO5S. The van der Waals surface area contributed by atoms with E-state index in [-0.39, 0.29) is 17.9 Å². The molecular weight excluding hydrogens is 349 g/mol. The molecule has 0 bridgehead atoms. The predicted molar refractivity (Wildman–Crippen MR) is 93.6 cm³/mol. The van der Waals surface area contributed by atoms with Crippen LogP contribution in [0, 0.1) is 5.82 Å². The maximum absolute atomic E-state index is 13.6. The van der Waals surface area contributed by atoms with Gasteiger partial charge in [-0.3, -0.25) is 4.72 Å². The van der Waals surface area contributed by atoms with Crippen molar-refractivity contribution in [2.24, 2.45) is 0 Å². The molecule has 0 aliphatic carbocycles. The average Bonchev–Trinajstić information content (AvgIpc) is 2.59. The van der Waals surface area contributed by atoms with E-state index in [2.05, 4.69) is 4.72 Å². The number of benzene rings is 2. The second-order valence-corrected chi connectivity index (χ2v) is 7.02. The molecule has 0 saturated heterocycles. The molecule has 2 aromatic rings. The van der Waals surface area contributed by atoms with Crippen LogP contribution in [0.25, 0.3) is 0 Å². The third kappa shape index (κ3) is 4.76. The molecule has 0 amide bonds. The summed E-state index contributed by atoms with van der Waals surface area (Å²) >= 11 is 0. The number of methoxy groups -OCH3 is 3. The summed E-state index contributed by atoms with van der Waals surface area (Å²) in [6, 6.07) is 9.06. The summed E-state index contributed by atoms with van der Waals surface area (Å²) in [4.78, 5) is 0. The maximum atomic E-state index is 13.6. The molecule has 6 nitrogen and oxygen atoms in total. The fourth-order valence-electron chi connectivity index (χ4n) is 2.32. The van der Waals surface area contributed by atoms with Gasteiger partial charge in [0.05, 0.1) is 32.8 Å². The van der Waals surface area contributed by atoms with Crippen molar-refractivity contribution < 1.29 is 27.0 Å². The molecule has 0 unspecified atom stereocenters. The monoisotopic (exact) mass is 369 g/mol. The van der Waals surface area contributed by atoms with Gasteiger partial charge in [0.1, 0.15) is 5.82 Å². The topological polar surface area (TPSA) is 73.9 Å².